The Morgan fingerprint density at radius 2 is 2.10 bits per heavy atom. The van der Waals surface area contributed by atoms with Crippen LogP contribution in [0.25, 0.3) is 0 Å². The van der Waals surface area contributed by atoms with Gasteiger partial charge in [-0.3, -0.25) is 4.79 Å². The van der Waals surface area contributed by atoms with Gasteiger partial charge in [0.2, 0.25) is 11.8 Å². The second kappa shape index (κ2) is 6.43. The average molecular weight is 289 g/mol. The molecule has 1 aliphatic heterocycles. The molecule has 0 aromatic carbocycles. The molecule has 1 amide bonds. The van der Waals surface area contributed by atoms with Gasteiger partial charge < -0.3 is 15.0 Å². The number of hydrogen-bond donors (Lipinski definition) is 1. The number of aromatic nitrogens is 1. The summed E-state index contributed by atoms with van der Waals surface area (Å²) >= 11 is 0. The van der Waals surface area contributed by atoms with Crippen LogP contribution in [0.5, 0.6) is 5.88 Å². The number of hydrogen-bond acceptors (Lipinski definition) is 4. The number of rotatable bonds is 5. The highest BCUT2D eigenvalue weighted by Crippen LogP contribution is 2.31. The van der Waals surface area contributed by atoms with Crippen LogP contribution in [0.1, 0.15) is 31.4 Å². The van der Waals surface area contributed by atoms with Gasteiger partial charge in [-0.05, 0) is 31.7 Å². The van der Waals surface area contributed by atoms with E-state index in [1.54, 1.807) is 7.11 Å². The number of nitrogens with zero attached hydrogens (tertiary/aromatic N) is 2. The van der Waals surface area contributed by atoms with E-state index in [4.69, 9.17) is 4.74 Å². The Bertz CT molecular complexity index is 494. The fourth-order valence-corrected chi connectivity index (χ4v) is 2.81. The molecule has 5 nitrogen and oxygen atoms in total. The van der Waals surface area contributed by atoms with Crippen molar-refractivity contribution >= 4 is 5.91 Å². The summed E-state index contributed by atoms with van der Waals surface area (Å²) in [5.74, 6) is 1.37. The Balaban J connectivity index is 1.43. The van der Waals surface area contributed by atoms with Crippen LogP contribution in [0.2, 0.25) is 0 Å². The third-order valence-corrected chi connectivity index (χ3v) is 4.30. The molecule has 1 aromatic heterocycles. The molecule has 0 bridgehead atoms. The third-order valence-electron chi connectivity index (χ3n) is 4.30. The highest BCUT2D eigenvalue weighted by Gasteiger charge is 2.34. The Kier molecular flexibility index (Phi) is 4.39. The lowest BCUT2D eigenvalue weighted by Crippen LogP contribution is -2.45. The quantitative estimate of drug-likeness (QED) is 0.894. The molecule has 1 saturated carbocycles. The molecular formula is C16H23N3O2. The second-order valence-corrected chi connectivity index (χ2v) is 5.93. The minimum Gasteiger partial charge on any atom is -0.481 e. The Labute approximate surface area is 125 Å². The van der Waals surface area contributed by atoms with Crippen LogP contribution in [0.4, 0.5) is 0 Å². The smallest absolute Gasteiger partial charge is 0.225 e. The SMILES string of the molecule is COc1cccc(CNC2CCN(C(=O)C3CC3)CC2)n1. The standard InChI is InChI=1S/C16H23N3O2/c1-21-15-4-2-3-14(18-15)11-17-13-7-9-19(10-8-13)16(20)12-5-6-12/h2-4,12-13,17H,5-11H2,1H3. The number of methoxy groups -OCH3 is 1. The summed E-state index contributed by atoms with van der Waals surface area (Å²) in [7, 11) is 1.63. The third kappa shape index (κ3) is 3.73. The van der Waals surface area contributed by atoms with Crippen molar-refractivity contribution < 1.29 is 9.53 Å². The molecular weight excluding hydrogens is 266 g/mol. The van der Waals surface area contributed by atoms with Gasteiger partial charge in [-0.15, -0.1) is 0 Å². The highest BCUT2D eigenvalue weighted by atomic mass is 16.5. The molecule has 1 N–H and O–H groups in total. The van der Waals surface area contributed by atoms with E-state index in [2.05, 4.69) is 10.3 Å². The van der Waals surface area contributed by atoms with E-state index in [0.29, 0.717) is 23.7 Å². The molecule has 2 fully saturated rings. The Hall–Kier alpha value is -1.62. The number of carbonyl (C=O) groups excluding carboxylic acids is 1. The topological polar surface area (TPSA) is 54.5 Å². The van der Waals surface area contributed by atoms with Crippen molar-refractivity contribution in [3.8, 4) is 5.88 Å². The maximum Gasteiger partial charge on any atom is 0.225 e. The molecule has 1 saturated heterocycles. The number of nitrogens with one attached hydrogen (secondary N) is 1. The normalized spacial score (nSPS) is 19.6. The lowest BCUT2D eigenvalue weighted by Gasteiger charge is -2.32. The fraction of sp³-hybridized carbons (Fsp3) is 0.625. The van der Waals surface area contributed by atoms with E-state index < -0.39 is 0 Å². The number of likely N-dealkylation sites (tertiary alicyclic amines) is 1. The molecule has 114 valence electrons. The van der Waals surface area contributed by atoms with Crippen molar-refractivity contribution in [1.82, 2.24) is 15.2 Å². The van der Waals surface area contributed by atoms with Gasteiger partial charge in [0.15, 0.2) is 0 Å². The van der Waals surface area contributed by atoms with Crippen LogP contribution in [0.15, 0.2) is 18.2 Å². The van der Waals surface area contributed by atoms with Crippen LogP contribution in [-0.2, 0) is 11.3 Å². The molecule has 21 heavy (non-hydrogen) atoms. The van der Waals surface area contributed by atoms with Gasteiger partial charge in [-0.25, -0.2) is 4.98 Å². The Morgan fingerprint density at radius 3 is 2.76 bits per heavy atom. The number of ether oxygens (including phenoxy) is 1. The van der Waals surface area contributed by atoms with E-state index in [9.17, 15) is 4.79 Å². The molecule has 2 heterocycles. The molecule has 3 rings (SSSR count). The molecule has 1 aliphatic carbocycles. The number of piperidine rings is 1. The van der Waals surface area contributed by atoms with Gasteiger partial charge in [0.05, 0.1) is 12.8 Å². The van der Waals surface area contributed by atoms with E-state index in [-0.39, 0.29) is 0 Å². The van der Waals surface area contributed by atoms with Gasteiger partial charge >= 0.3 is 0 Å². The van der Waals surface area contributed by atoms with Crippen LogP contribution in [-0.4, -0.2) is 42.0 Å². The molecule has 5 heteroatoms. The van der Waals surface area contributed by atoms with E-state index in [1.807, 2.05) is 23.1 Å². The zero-order valence-electron chi connectivity index (χ0n) is 12.5. The zero-order valence-corrected chi connectivity index (χ0v) is 12.5. The summed E-state index contributed by atoms with van der Waals surface area (Å²) in [4.78, 5) is 18.4. The molecule has 0 spiro atoms. The summed E-state index contributed by atoms with van der Waals surface area (Å²) < 4.78 is 5.13. The largest absolute Gasteiger partial charge is 0.481 e. The maximum atomic E-state index is 12.0. The second-order valence-electron chi connectivity index (χ2n) is 5.93. The monoisotopic (exact) mass is 289 g/mol. The van der Waals surface area contributed by atoms with E-state index in [1.165, 1.54) is 0 Å². The predicted octanol–water partition coefficient (Wildman–Crippen LogP) is 1.58. The highest BCUT2D eigenvalue weighted by molar-refractivity contribution is 5.81. The zero-order chi connectivity index (χ0) is 14.7. The molecule has 2 aliphatic rings. The first-order valence-electron chi connectivity index (χ1n) is 7.78. The van der Waals surface area contributed by atoms with Crippen molar-refractivity contribution in [2.45, 2.75) is 38.3 Å². The molecule has 1 aromatic rings. The first-order valence-corrected chi connectivity index (χ1v) is 7.78. The molecule has 0 atom stereocenters. The van der Waals surface area contributed by atoms with Crippen molar-refractivity contribution in [2.24, 2.45) is 5.92 Å². The van der Waals surface area contributed by atoms with Gasteiger partial charge in [0.1, 0.15) is 0 Å². The van der Waals surface area contributed by atoms with Gasteiger partial charge in [-0.2, -0.15) is 0 Å². The van der Waals surface area contributed by atoms with E-state index >= 15 is 0 Å². The first-order chi connectivity index (χ1) is 10.3. The van der Waals surface area contributed by atoms with Crippen LogP contribution < -0.4 is 10.1 Å². The average Bonchev–Trinajstić information content (AvgIpc) is 3.38. The predicted molar refractivity (Wildman–Crippen MR) is 80.0 cm³/mol. The lowest BCUT2D eigenvalue weighted by molar-refractivity contribution is -0.133. The van der Waals surface area contributed by atoms with Gasteiger partial charge in [0, 0.05) is 37.7 Å². The number of pyridine rings is 1. The molecule has 0 unspecified atom stereocenters. The summed E-state index contributed by atoms with van der Waals surface area (Å²) in [6.45, 7) is 2.52. The number of amides is 1. The summed E-state index contributed by atoms with van der Waals surface area (Å²) in [5.41, 5.74) is 0.992. The van der Waals surface area contributed by atoms with Gasteiger partial charge in [-0.1, -0.05) is 6.07 Å². The van der Waals surface area contributed by atoms with Gasteiger partial charge in [0.25, 0.3) is 0 Å². The van der Waals surface area contributed by atoms with E-state index in [0.717, 1.165) is 51.0 Å². The minimum absolute atomic E-state index is 0.343. The summed E-state index contributed by atoms with van der Waals surface area (Å²) in [5, 5.41) is 3.54. The minimum atomic E-state index is 0.343. The van der Waals surface area contributed by atoms with Crippen molar-refractivity contribution in [3.63, 3.8) is 0 Å². The summed E-state index contributed by atoms with van der Waals surface area (Å²) in [6.07, 6.45) is 4.25. The first kappa shape index (κ1) is 14.3. The van der Waals surface area contributed by atoms with Crippen molar-refractivity contribution in [1.29, 1.82) is 0 Å². The molecule has 0 radical (unpaired) electrons. The number of carbonyl (C=O) groups is 1. The Morgan fingerprint density at radius 1 is 1.33 bits per heavy atom. The van der Waals surface area contributed by atoms with Crippen LogP contribution in [0.3, 0.4) is 0 Å². The fourth-order valence-electron chi connectivity index (χ4n) is 2.81. The maximum absolute atomic E-state index is 12.0. The van der Waals surface area contributed by atoms with Crippen molar-refractivity contribution in [2.75, 3.05) is 20.2 Å². The lowest BCUT2D eigenvalue weighted by atomic mass is 10.0. The van der Waals surface area contributed by atoms with Crippen LogP contribution >= 0.6 is 0 Å². The van der Waals surface area contributed by atoms with Crippen molar-refractivity contribution in [3.05, 3.63) is 23.9 Å². The summed E-state index contributed by atoms with van der Waals surface area (Å²) in [6, 6.07) is 6.29. The van der Waals surface area contributed by atoms with Crippen LogP contribution in [0, 0.1) is 5.92 Å².